The third-order valence-electron chi connectivity index (χ3n) is 2.51. The average molecular weight is 317 g/mol. The highest BCUT2D eigenvalue weighted by Crippen LogP contribution is 2.22. The summed E-state index contributed by atoms with van der Waals surface area (Å²) in [7, 11) is 0. The molecule has 0 bridgehead atoms. The second-order valence-electron chi connectivity index (χ2n) is 5.65. The normalized spacial score (nSPS) is 12.6. The third kappa shape index (κ3) is 5.19. The molecule has 0 unspecified atom stereocenters. The Bertz CT molecular complexity index is 560. The number of hydrogen-bond donors (Lipinski definition) is 3. The number of phenolic OH excluding ortho intramolecular Hbond substituents is 1. The molecule has 1 amide bonds. The largest absolute Gasteiger partial charge is 0.503 e. The summed E-state index contributed by atoms with van der Waals surface area (Å²) in [4.78, 5) is 22.7. The molecule has 0 aliphatic rings. The van der Waals surface area contributed by atoms with Crippen molar-refractivity contribution in [1.29, 1.82) is 0 Å². The van der Waals surface area contributed by atoms with E-state index in [4.69, 9.17) is 14.9 Å². The fourth-order valence-corrected chi connectivity index (χ4v) is 1.62. The molecule has 0 fully saturated rings. The molecule has 1 aromatic rings. The molecule has 8 heteroatoms. The van der Waals surface area contributed by atoms with Crippen LogP contribution in [0.4, 0.5) is 13.6 Å². The van der Waals surface area contributed by atoms with Gasteiger partial charge in [0, 0.05) is 6.42 Å². The van der Waals surface area contributed by atoms with Gasteiger partial charge in [-0.15, -0.1) is 0 Å². The number of carbonyl (C=O) groups is 2. The predicted molar refractivity (Wildman–Crippen MR) is 72.5 cm³/mol. The van der Waals surface area contributed by atoms with E-state index in [1.165, 1.54) is 0 Å². The maximum atomic E-state index is 13.2. The van der Waals surface area contributed by atoms with Gasteiger partial charge in [-0.25, -0.2) is 18.4 Å². The van der Waals surface area contributed by atoms with Gasteiger partial charge >= 0.3 is 12.1 Å². The second kappa shape index (κ2) is 6.59. The number of hydrogen-bond acceptors (Lipinski definition) is 4. The summed E-state index contributed by atoms with van der Waals surface area (Å²) < 4.78 is 31.4. The van der Waals surface area contributed by atoms with Crippen LogP contribution in [0.1, 0.15) is 26.3 Å². The van der Waals surface area contributed by atoms with Crippen LogP contribution in [-0.2, 0) is 16.0 Å². The first-order valence-corrected chi connectivity index (χ1v) is 6.39. The maximum absolute atomic E-state index is 13.2. The van der Waals surface area contributed by atoms with Gasteiger partial charge < -0.3 is 20.3 Å². The van der Waals surface area contributed by atoms with Crippen molar-refractivity contribution >= 4 is 12.1 Å². The number of benzene rings is 1. The zero-order valence-corrected chi connectivity index (χ0v) is 12.3. The molecule has 1 rings (SSSR count). The van der Waals surface area contributed by atoms with E-state index in [2.05, 4.69) is 5.32 Å². The number of carbonyl (C=O) groups excluding carboxylic acids is 1. The van der Waals surface area contributed by atoms with E-state index in [1.807, 2.05) is 0 Å². The Kier molecular flexibility index (Phi) is 5.29. The number of carboxylic acid groups (broad SMARTS) is 1. The Balaban J connectivity index is 2.85. The molecule has 0 aliphatic heterocycles. The molecule has 0 radical (unpaired) electrons. The van der Waals surface area contributed by atoms with Gasteiger partial charge in [0.1, 0.15) is 11.6 Å². The van der Waals surface area contributed by atoms with Crippen LogP contribution in [-0.4, -0.2) is 33.9 Å². The van der Waals surface area contributed by atoms with Gasteiger partial charge in [-0.3, -0.25) is 0 Å². The number of alkyl carbamates (subject to hydrolysis) is 1. The van der Waals surface area contributed by atoms with E-state index >= 15 is 0 Å². The molecule has 0 heterocycles. The van der Waals surface area contributed by atoms with Gasteiger partial charge in [-0.2, -0.15) is 0 Å². The summed E-state index contributed by atoms with van der Waals surface area (Å²) in [6.07, 6.45) is -1.33. The lowest BCUT2D eigenvalue weighted by Gasteiger charge is -2.22. The number of amides is 1. The number of carboxylic acids is 1. The minimum Gasteiger partial charge on any atom is -0.503 e. The van der Waals surface area contributed by atoms with Gasteiger partial charge in [0.2, 0.25) is 0 Å². The van der Waals surface area contributed by atoms with Gasteiger partial charge in [0.05, 0.1) is 0 Å². The minimum absolute atomic E-state index is 0.0312. The van der Waals surface area contributed by atoms with Crippen molar-refractivity contribution in [3.8, 4) is 5.75 Å². The smallest absolute Gasteiger partial charge is 0.408 e. The lowest BCUT2D eigenvalue weighted by Crippen LogP contribution is -2.44. The molecule has 3 N–H and O–H groups in total. The third-order valence-corrected chi connectivity index (χ3v) is 2.51. The average Bonchev–Trinajstić information content (AvgIpc) is 2.32. The first-order chi connectivity index (χ1) is 9.99. The lowest BCUT2D eigenvalue weighted by molar-refractivity contribution is -0.139. The highest BCUT2D eigenvalue weighted by Gasteiger charge is 2.25. The topological polar surface area (TPSA) is 95.9 Å². The van der Waals surface area contributed by atoms with Gasteiger partial charge in [-0.1, -0.05) is 0 Å². The Morgan fingerprint density at radius 2 is 1.77 bits per heavy atom. The predicted octanol–water partition coefficient (Wildman–Crippen LogP) is 2.19. The van der Waals surface area contributed by atoms with E-state index < -0.39 is 41.1 Å². The monoisotopic (exact) mass is 317 g/mol. The fraction of sp³-hybridized carbons (Fsp3) is 0.429. The summed E-state index contributed by atoms with van der Waals surface area (Å²) >= 11 is 0. The van der Waals surface area contributed by atoms with Crippen LogP contribution in [0.2, 0.25) is 0 Å². The lowest BCUT2D eigenvalue weighted by atomic mass is 10.1. The Hall–Kier alpha value is -2.38. The number of rotatable bonds is 4. The summed E-state index contributed by atoms with van der Waals surface area (Å²) in [5.41, 5.74) is -0.847. The number of ether oxygens (including phenoxy) is 1. The van der Waals surface area contributed by atoms with E-state index in [-0.39, 0.29) is 12.0 Å². The Morgan fingerprint density at radius 3 is 2.18 bits per heavy atom. The van der Waals surface area contributed by atoms with Crippen LogP contribution >= 0.6 is 0 Å². The molecule has 22 heavy (non-hydrogen) atoms. The van der Waals surface area contributed by atoms with Crippen molar-refractivity contribution in [2.24, 2.45) is 0 Å². The summed E-state index contributed by atoms with van der Waals surface area (Å²) in [6.45, 7) is 4.81. The van der Waals surface area contributed by atoms with Crippen molar-refractivity contribution < 1.29 is 33.3 Å². The zero-order valence-electron chi connectivity index (χ0n) is 12.3. The van der Waals surface area contributed by atoms with Crippen molar-refractivity contribution in [3.63, 3.8) is 0 Å². The van der Waals surface area contributed by atoms with Crippen LogP contribution in [0.25, 0.3) is 0 Å². The molecular weight excluding hydrogens is 300 g/mol. The molecule has 1 atom stereocenters. The molecule has 0 aliphatic carbocycles. The van der Waals surface area contributed by atoms with E-state index in [1.54, 1.807) is 20.8 Å². The zero-order chi connectivity index (χ0) is 17.1. The standard InChI is InChI=1S/C14H17F2NO5/c1-14(2,3)22-13(21)17-10(12(19)20)6-7-4-8(15)11(18)9(16)5-7/h4-5,10,18H,6H2,1-3H3,(H,17,21)(H,19,20)/t10-/m0/s1. The quantitative estimate of drug-likeness (QED) is 0.791. The maximum Gasteiger partial charge on any atom is 0.408 e. The van der Waals surface area contributed by atoms with Crippen LogP contribution in [0.15, 0.2) is 12.1 Å². The first-order valence-electron chi connectivity index (χ1n) is 6.39. The molecule has 0 saturated carbocycles. The SMILES string of the molecule is CC(C)(C)OC(=O)N[C@@H](Cc1cc(F)c(O)c(F)c1)C(=O)O. The van der Waals surface area contributed by atoms with Gasteiger partial charge in [-0.05, 0) is 38.5 Å². The van der Waals surface area contributed by atoms with Gasteiger partial charge in [0.25, 0.3) is 0 Å². The number of phenols is 1. The molecule has 6 nitrogen and oxygen atoms in total. The van der Waals surface area contributed by atoms with Crippen molar-refractivity contribution in [3.05, 3.63) is 29.3 Å². The summed E-state index contributed by atoms with van der Waals surface area (Å²) in [5, 5.41) is 20.2. The highest BCUT2D eigenvalue weighted by molar-refractivity contribution is 5.80. The molecule has 122 valence electrons. The van der Waals surface area contributed by atoms with E-state index in [0.29, 0.717) is 0 Å². The molecule has 0 spiro atoms. The highest BCUT2D eigenvalue weighted by atomic mass is 19.1. The molecule has 0 aromatic heterocycles. The number of aliphatic carboxylic acids is 1. The fourth-order valence-electron chi connectivity index (χ4n) is 1.62. The van der Waals surface area contributed by atoms with E-state index in [9.17, 15) is 18.4 Å². The van der Waals surface area contributed by atoms with Crippen LogP contribution in [0, 0.1) is 11.6 Å². The first kappa shape index (κ1) is 17.7. The molecule has 0 saturated heterocycles. The van der Waals surface area contributed by atoms with Gasteiger partial charge in [0.15, 0.2) is 17.4 Å². The minimum atomic E-state index is -1.43. The summed E-state index contributed by atoms with van der Waals surface area (Å²) in [6, 6.07) is 0.161. The molecule has 1 aromatic carbocycles. The van der Waals surface area contributed by atoms with Crippen molar-refractivity contribution in [2.45, 2.75) is 38.8 Å². The Morgan fingerprint density at radius 1 is 1.27 bits per heavy atom. The van der Waals surface area contributed by atoms with Crippen LogP contribution < -0.4 is 5.32 Å². The van der Waals surface area contributed by atoms with Crippen LogP contribution in [0.3, 0.4) is 0 Å². The van der Waals surface area contributed by atoms with Crippen molar-refractivity contribution in [2.75, 3.05) is 0 Å². The number of aromatic hydroxyl groups is 1. The number of nitrogens with one attached hydrogen (secondary N) is 1. The van der Waals surface area contributed by atoms with Crippen LogP contribution in [0.5, 0.6) is 5.75 Å². The number of halogens is 2. The van der Waals surface area contributed by atoms with Crippen molar-refractivity contribution in [1.82, 2.24) is 5.32 Å². The molecular formula is C14H17F2NO5. The van der Waals surface area contributed by atoms with E-state index in [0.717, 1.165) is 12.1 Å². The second-order valence-corrected chi connectivity index (χ2v) is 5.65. The Labute approximate surface area is 125 Å². The summed E-state index contributed by atoms with van der Waals surface area (Å²) in [5.74, 6) is -4.96.